The number of urea groups is 1. The van der Waals surface area contributed by atoms with E-state index in [0.717, 1.165) is 11.3 Å². The van der Waals surface area contributed by atoms with Gasteiger partial charge in [0.15, 0.2) is 0 Å². The third-order valence-corrected chi connectivity index (χ3v) is 3.57. The molecule has 0 aromatic carbocycles. The second-order valence-electron chi connectivity index (χ2n) is 5.26. The molecule has 0 saturated heterocycles. The minimum absolute atomic E-state index is 0.441. The number of aryl methyl sites for hydroxylation is 1. The molecule has 0 aliphatic heterocycles. The first kappa shape index (κ1) is 17.6. The van der Waals surface area contributed by atoms with Crippen LogP contribution in [0.25, 0.3) is 0 Å². The van der Waals surface area contributed by atoms with E-state index >= 15 is 0 Å². The van der Waals surface area contributed by atoms with Gasteiger partial charge in [-0.1, -0.05) is 0 Å². The largest absolute Gasteiger partial charge is 0.417 e. The fraction of sp³-hybridized carbons (Fsp3) is 0.357. The van der Waals surface area contributed by atoms with E-state index in [0.29, 0.717) is 12.3 Å². The molecule has 2 amide bonds. The Labute approximate surface area is 134 Å². The second kappa shape index (κ2) is 6.38. The van der Waals surface area contributed by atoms with Gasteiger partial charge in [-0.25, -0.2) is 4.79 Å². The van der Waals surface area contributed by atoms with Crippen molar-refractivity contribution in [1.82, 2.24) is 20.1 Å². The number of hydrogen-bond donors (Lipinski definition) is 3. The summed E-state index contributed by atoms with van der Waals surface area (Å²) in [7, 11) is 1.74. The minimum Gasteiger partial charge on any atom is -0.331 e. The molecule has 24 heavy (non-hydrogen) atoms. The SMILES string of the molecule is Cc1c([C@H](C)NC(=O)Nc2cc(C(F)(F)F)c[nH]c2=O)cnn1C. The maximum absolute atomic E-state index is 12.7. The maximum atomic E-state index is 12.7. The van der Waals surface area contributed by atoms with Gasteiger partial charge in [0.25, 0.3) is 5.56 Å². The van der Waals surface area contributed by atoms with E-state index in [9.17, 15) is 22.8 Å². The average molecular weight is 343 g/mol. The van der Waals surface area contributed by atoms with Crippen LogP contribution in [0, 0.1) is 6.92 Å². The monoisotopic (exact) mass is 343 g/mol. The normalized spacial score (nSPS) is 12.8. The summed E-state index contributed by atoms with van der Waals surface area (Å²) in [5.74, 6) is 0. The number of aromatic nitrogens is 3. The summed E-state index contributed by atoms with van der Waals surface area (Å²) in [5, 5.41) is 8.72. The van der Waals surface area contributed by atoms with Gasteiger partial charge in [0, 0.05) is 24.5 Å². The van der Waals surface area contributed by atoms with Gasteiger partial charge in [-0.05, 0) is 19.9 Å². The molecular weight excluding hydrogens is 327 g/mol. The highest BCUT2D eigenvalue weighted by Gasteiger charge is 2.31. The van der Waals surface area contributed by atoms with Crippen LogP contribution in [0.5, 0.6) is 0 Å². The van der Waals surface area contributed by atoms with Gasteiger partial charge in [-0.15, -0.1) is 0 Å². The van der Waals surface area contributed by atoms with Gasteiger partial charge in [0.1, 0.15) is 5.69 Å². The highest BCUT2D eigenvalue weighted by atomic mass is 19.4. The summed E-state index contributed by atoms with van der Waals surface area (Å²) in [6, 6.07) is -0.655. The van der Waals surface area contributed by atoms with Crippen LogP contribution in [0.15, 0.2) is 23.3 Å². The van der Waals surface area contributed by atoms with Crippen molar-refractivity contribution < 1.29 is 18.0 Å². The first-order valence-electron chi connectivity index (χ1n) is 6.95. The van der Waals surface area contributed by atoms with Gasteiger partial charge in [0.05, 0.1) is 17.8 Å². The van der Waals surface area contributed by atoms with Crippen LogP contribution >= 0.6 is 0 Å². The van der Waals surface area contributed by atoms with E-state index in [-0.39, 0.29) is 0 Å². The predicted molar refractivity (Wildman–Crippen MR) is 80.6 cm³/mol. The van der Waals surface area contributed by atoms with Gasteiger partial charge < -0.3 is 15.6 Å². The zero-order chi connectivity index (χ0) is 18.1. The van der Waals surface area contributed by atoms with Crippen LogP contribution < -0.4 is 16.2 Å². The number of nitrogens with one attached hydrogen (secondary N) is 3. The number of hydrogen-bond acceptors (Lipinski definition) is 3. The van der Waals surface area contributed by atoms with Crippen LogP contribution in [0.3, 0.4) is 0 Å². The number of rotatable bonds is 3. The Morgan fingerprint density at radius 3 is 2.62 bits per heavy atom. The molecule has 10 heteroatoms. The van der Waals surface area contributed by atoms with Gasteiger partial charge >= 0.3 is 12.2 Å². The molecule has 0 radical (unpaired) electrons. The molecule has 0 aliphatic carbocycles. The molecule has 7 nitrogen and oxygen atoms in total. The van der Waals surface area contributed by atoms with Crippen molar-refractivity contribution in [2.24, 2.45) is 7.05 Å². The summed E-state index contributed by atoms with van der Waals surface area (Å²) in [6.45, 7) is 3.51. The molecule has 0 saturated carbocycles. The van der Waals surface area contributed by atoms with Crippen molar-refractivity contribution in [3.8, 4) is 0 Å². The molecular formula is C14H16F3N5O2. The lowest BCUT2D eigenvalue weighted by Crippen LogP contribution is -2.33. The third kappa shape index (κ3) is 3.76. The van der Waals surface area contributed by atoms with E-state index in [2.05, 4.69) is 15.7 Å². The Morgan fingerprint density at radius 1 is 1.42 bits per heavy atom. The molecule has 2 heterocycles. The zero-order valence-electron chi connectivity index (χ0n) is 13.2. The average Bonchev–Trinajstić information content (AvgIpc) is 2.80. The fourth-order valence-corrected chi connectivity index (χ4v) is 2.11. The number of pyridine rings is 1. The van der Waals surface area contributed by atoms with Crippen molar-refractivity contribution in [2.75, 3.05) is 5.32 Å². The van der Waals surface area contributed by atoms with Crippen molar-refractivity contribution in [3.63, 3.8) is 0 Å². The smallest absolute Gasteiger partial charge is 0.331 e. The van der Waals surface area contributed by atoms with E-state index in [4.69, 9.17) is 0 Å². The quantitative estimate of drug-likeness (QED) is 0.799. The molecule has 0 bridgehead atoms. The van der Waals surface area contributed by atoms with Gasteiger partial charge in [-0.2, -0.15) is 18.3 Å². The van der Waals surface area contributed by atoms with Crippen molar-refractivity contribution >= 4 is 11.7 Å². The zero-order valence-corrected chi connectivity index (χ0v) is 13.2. The number of H-pyrrole nitrogens is 1. The number of aromatic amines is 1. The molecule has 1 atom stereocenters. The molecule has 0 spiro atoms. The summed E-state index contributed by atoms with van der Waals surface area (Å²) in [5.41, 5.74) is -0.792. The molecule has 0 aliphatic rings. The lowest BCUT2D eigenvalue weighted by atomic mass is 10.1. The van der Waals surface area contributed by atoms with E-state index in [1.165, 1.54) is 0 Å². The Bertz CT molecular complexity index is 809. The molecule has 0 unspecified atom stereocenters. The van der Waals surface area contributed by atoms with Crippen molar-refractivity contribution in [1.29, 1.82) is 0 Å². The van der Waals surface area contributed by atoms with E-state index < -0.39 is 35.1 Å². The highest BCUT2D eigenvalue weighted by molar-refractivity contribution is 5.89. The molecule has 0 fully saturated rings. The number of amides is 2. The first-order chi connectivity index (χ1) is 11.1. The maximum Gasteiger partial charge on any atom is 0.417 e. The molecule has 2 aromatic rings. The number of nitrogens with zero attached hydrogens (tertiary/aromatic N) is 2. The number of carbonyl (C=O) groups is 1. The molecule has 3 N–H and O–H groups in total. The van der Waals surface area contributed by atoms with Crippen LogP contribution in [0.4, 0.5) is 23.7 Å². The first-order valence-corrected chi connectivity index (χ1v) is 6.95. The Balaban J connectivity index is 2.12. The van der Waals surface area contributed by atoms with E-state index in [1.807, 2.05) is 11.9 Å². The Hall–Kier alpha value is -2.78. The molecule has 130 valence electrons. The Morgan fingerprint density at radius 2 is 2.08 bits per heavy atom. The van der Waals surface area contributed by atoms with Crippen molar-refractivity contribution in [3.05, 3.63) is 45.6 Å². The standard InChI is InChI=1S/C14H16F3N5O2/c1-7(10-6-19-22(3)8(10)2)20-13(24)21-11-4-9(14(15,16)17)5-18-12(11)23/h4-7H,1-3H3,(H,18,23)(H2,20,21,24)/t7-/m0/s1. The highest BCUT2D eigenvalue weighted by Crippen LogP contribution is 2.29. The second-order valence-corrected chi connectivity index (χ2v) is 5.26. The lowest BCUT2D eigenvalue weighted by Gasteiger charge is -2.15. The summed E-state index contributed by atoms with van der Waals surface area (Å²) < 4.78 is 39.6. The van der Waals surface area contributed by atoms with E-state index in [1.54, 1.807) is 24.9 Å². The number of carbonyl (C=O) groups excluding carboxylic acids is 1. The van der Waals surface area contributed by atoms with Crippen molar-refractivity contribution in [2.45, 2.75) is 26.1 Å². The van der Waals surface area contributed by atoms with Crippen LogP contribution in [0.1, 0.15) is 29.8 Å². The Kier molecular flexibility index (Phi) is 4.67. The fourth-order valence-electron chi connectivity index (χ4n) is 2.11. The van der Waals surface area contributed by atoms with Crippen LogP contribution in [0.2, 0.25) is 0 Å². The third-order valence-electron chi connectivity index (χ3n) is 3.57. The number of alkyl halides is 3. The van der Waals surface area contributed by atoms with Crippen LogP contribution in [-0.2, 0) is 13.2 Å². The minimum atomic E-state index is -4.63. The molecule has 2 aromatic heterocycles. The number of anilines is 1. The summed E-state index contributed by atoms with van der Waals surface area (Å²) in [4.78, 5) is 25.5. The molecule has 2 rings (SSSR count). The topological polar surface area (TPSA) is 91.8 Å². The lowest BCUT2D eigenvalue weighted by molar-refractivity contribution is -0.137. The number of halogens is 3. The predicted octanol–water partition coefficient (Wildman–Crippen LogP) is 2.32. The summed E-state index contributed by atoms with van der Waals surface area (Å²) >= 11 is 0. The van der Waals surface area contributed by atoms with Gasteiger partial charge in [0.2, 0.25) is 0 Å². The van der Waals surface area contributed by atoms with Gasteiger partial charge in [-0.3, -0.25) is 9.48 Å². The summed E-state index contributed by atoms with van der Waals surface area (Å²) in [6.07, 6.45) is -2.50. The van der Waals surface area contributed by atoms with Crippen LogP contribution in [-0.4, -0.2) is 20.8 Å².